The van der Waals surface area contributed by atoms with Crippen molar-refractivity contribution in [2.45, 2.75) is 26.8 Å². The lowest BCUT2D eigenvalue weighted by atomic mass is 10.1. The molecule has 4 rings (SSSR count). The van der Waals surface area contributed by atoms with Crippen LogP contribution in [0.4, 0.5) is 11.4 Å². The maximum absolute atomic E-state index is 11.4. The number of nitro groups is 1. The zero-order valence-corrected chi connectivity index (χ0v) is 16.0. The molecule has 0 unspecified atom stereocenters. The fraction of sp³-hybridized carbons (Fsp3) is 0.421. The van der Waals surface area contributed by atoms with Gasteiger partial charge in [0.15, 0.2) is 11.3 Å². The second-order valence-electron chi connectivity index (χ2n) is 6.93. The van der Waals surface area contributed by atoms with Crippen molar-refractivity contribution in [2.24, 2.45) is 0 Å². The summed E-state index contributed by atoms with van der Waals surface area (Å²) in [5.41, 5.74) is 2.27. The number of rotatable bonds is 5. The number of hydrogen-bond donors (Lipinski definition) is 0. The predicted octanol–water partition coefficient (Wildman–Crippen LogP) is 2.72. The first kappa shape index (κ1) is 18.3. The van der Waals surface area contributed by atoms with Crippen LogP contribution in [0.15, 0.2) is 28.8 Å². The number of nitro benzene ring substituents is 1. The highest BCUT2D eigenvalue weighted by atomic mass is 16.6. The zero-order valence-electron chi connectivity index (χ0n) is 16.0. The van der Waals surface area contributed by atoms with Gasteiger partial charge >= 0.3 is 0 Å². The van der Waals surface area contributed by atoms with E-state index in [1.807, 2.05) is 26.0 Å². The van der Waals surface area contributed by atoms with Gasteiger partial charge in [0.25, 0.3) is 5.69 Å². The van der Waals surface area contributed by atoms with Crippen molar-refractivity contribution in [2.75, 3.05) is 31.1 Å². The Balaban J connectivity index is 1.53. The third kappa shape index (κ3) is 3.53. The minimum absolute atomic E-state index is 0.0462. The summed E-state index contributed by atoms with van der Waals surface area (Å²) in [6, 6.07) is 7.14. The van der Waals surface area contributed by atoms with E-state index in [0.717, 1.165) is 49.4 Å². The van der Waals surface area contributed by atoms with Crippen LogP contribution in [0.3, 0.4) is 0 Å². The third-order valence-electron chi connectivity index (χ3n) is 5.01. The van der Waals surface area contributed by atoms with Crippen LogP contribution < -0.4 is 4.90 Å². The van der Waals surface area contributed by atoms with Crippen LogP contribution in [0.25, 0.3) is 10.9 Å². The largest absolute Gasteiger partial charge is 0.368 e. The fourth-order valence-corrected chi connectivity index (χ4v) is 3.59. The van der Waals surface area contributed by atoms with E-state index in [4.69, 9.17) is 4.52 Å². The molecule has 0 atom stereocenters. The quantitative estimate of drug-likeness (QED) is 0.490. The Hall–Kier alpha value is -3.07. The number of non-ortho nitro benzene ring substituents is 1. The molecule has 0 radical (unpaired) electrons. The van der Waals surface area contributed by atoms with Crippen LogP contribution in [-0.4, -0.2) is 51.1 Å². The van der Waals surface area contributed by atoms with Crippen LogP contribution in [0.5, 0.6) is 0 Å². The molecule has 1 aromatic carbocycles. The van der Waals surface area contributed by atoms with Gasteiger partial charge < -0.3 is 9.42 Å². The SMILES string of the molecule is CCc1nc(CN2CCN(c3cc(C)nc4c([N+](=O)[O-])cccc34)CC2)no1. The summed E-state index contributed by atoms with van der Waals surface area (Å²) >= 11 is 0. The maximum Gasteiger partial charge on any atom is 0.295 e. The fourth-order valence-electron chi connectivity index (χ4n) is 3.59. The average molecular weight is 382 g/mol. The highest BCUT2D eigenvalue weighted by Gasteiger charge is 2.23. The molecule has 3 aromatic rings. The van der Waals surface area contributed by atoms with Crippen LogP contribution >= 0.6 is 0 Å². The number of aryl methyl sites for hydroxylation is 2. The lowest BCUT2D eigenvalue weighted by Gasteiger charge is -2.36. The normalized spacial score (nSPS) is 15.3. The van der Waals surface area contributed by atoms with Gasteiger partial charge in [-0.25, -0.2) is 4.98 Å². The van der Waals surface area contributed by atoms with E-state index in [0.29, 0.717) is 23.8 Å². The highest BCUT2D eigenvalue weighted by molar-refractivity contribution is 5.97. The van der Waals surface area contributed by atoms with E-state index in [9.17, 15) is 10.1 Å². The van der Waals surface area contributed by atoms with E-state index in [-0.39, 0.29) is 10.6 Å². The summed E-state index contributed by atoms with van der Waals surface area (Å²) in [5, 5.41) is 16.2. The Kier molecular flexibility index (Phi) is 4.91. The molecule has 1 aliphatic rings. The van der Waals surface area contributed by atoms with E-state index >= 15 is 0 Å². The Bertz CT molecular complexity index is 1010. The van der Waals surface area contributed by atoms with Crippen molar-refractivity contribution in [3.63, 3.8) is 0 Å². The maximum atomic E-state index is 11.4. The second kappa shape index (κ2) is 7.51. The molecule has 0 N–H and O–H groups in total. The molecule has 0 spiro atoms. The minimum Gasteiger partial charge on any atom is -0.368 e. The van der Waals surface area contributed by atoms with Gasteiger partial charge in [-0.15, -0.1) is 0 Å². The molecule has 1 saturated heterocycles. The average Bonchev–Trinajstić information content (AvgIpc) is 3.15. The predicted molar refractivity (Wildman–Crippen MR) is 104 cm³/mol. The number of piperazine rings is 1. The van der Waals surface area contributed by atoms with E-state index in [1.165, 1.54) is 6.07 Å². The Morgan fingerprint density at radius 1 is 1.21 bits per heavy atom. The number of pyridine rings is 1. The van der Waals surface area contributed by atoms with Gasteiger partial charge in [0.05, 0.1) is 11.5 Å². The molecule has 1 fully saturated rings. The molecule has 3 heterocycles. The molecule has 9 nitrogen and oxygen atoms in total. The van der Waals surface area contributed by atoms with Crippen LogP contribution in [0, 0.1) is 17.0 Å². The Labute approximate surface area is 162 Å². The molecule has 0 aliphatic carbocycles. The molecule has 9 heteroatoms. The topological polar surface area (TPSA) is 101 Å². The van der Waals surface area contributed by atoms with Crippen molar-refractivity contribution >= 4 is 22.3 Å². The van der Waals surface area contributed by atoms with Gasteiger partial charge in [-0.1, -0.05) is 24.2 Å². The molecule has 0 bridgehead atoms. The monoisotopic (exact) mass is 382 g/mol. The van der Waals surface area contributed by atoms with Gasteiger partial charge in [-0.05, 0) is 13.0 Å². The van der Waals surface area contributed by atoms with Crippen molar-refractivity contribution < 1.29 is 9.45 Å². The van der Waals surface area contributed by atoms with E-state index in [1.54, 1.807) is 6.07 Å². The van der Waals surface area contributed by atoms with Gasteiger partial charge in [-0.2, -0.15) is 4.98 Å². The first-order valence-electron chi connectivity index (χ1n) is 9.38. The number of nitrogens with zero attached hydrogens (tertiary/aromatic N) is 6. The first-order valence-corrected chi connectivity index (χ1v) is 9.38. The Morgan fingerprint density at radius 3 is 2.68 bits per heavy atom. The van der Waals surface area contributed by atoms with Crippen molar-refractivity contribution in [3.8, 4) is 0 Å². The molecule has 1 aliphatic heterocycles. The highest BCUT2D eigenvalue weighted by Crippen LogP contribution is 2.32. The van der Waals surface area contributed by atoms with Crippen LogP contribution in [-0.2, 0) is 13.0 Å². The minimum atomic E-state index is -0.369. The second-order valence-corrected chi connectivity index (χ2v) is 6.93. The molecular weight excluding hydrogens is 360 g/mol. The van der Waals surface area contributed by atoms with Gasteiger partial charge in [0, 0.05) is 55.4 Å². The summed E-state index contributed by atoms with van der Waals surface area (Å²) in [6.45, 7) is 7.87. The van der Waals surface area contributed by atoms with Crippen molar-refractivity contribution in [1.29, 1.82) is 0 Å². The number of fused-ring (bicyclic) bond motifs is 1. The summed E-state index contributed by atoms with van der Waals surface area (Å²) < 4.78 is 5.18. The van der Waals surface area contributed by atoms with E-state index < -0.39 is 0 Å². The summed E-state index contributed by atoms with van der Waals surface area (Å²) in [4.78, 5) is 24.4. The van der Waals surface area contributed by atoms with Gasteiger partial charge in [0.2, 0.25) is 5.89 Å². The smallest absolute Gasteiger partial charge is 0.295 e. The number of para-hydroxylation sites is 1. The van der Waals surface area contributed by atoms with Crippen molar-refractivity contribution in [3.05, 3.63) is 51.8 Å². The zero-order chi connectivity index (χ0) is 19.7. The third-order valence-corrected chi connectivity index (χ3v) is 5.01. The van der Waals surface area contributed by atoms with Gasteiger partial charge in [0.1, 0.15) is 0 Å². The number of benzene rings is 1. The van der Waals surface area contributed by atoms with Gasteiger partial charge in [-0.3, -0.25) is 15.0 Å². The first-order chi connectivity index (χ1) is 13.5. The standard InChI is InChI=1S/C19H22N6O3/c1-3-18-21-17(22-28-18)12-23-7-9-24(10-8-23)16-11-13(2)20-19-14(16)5-4-6-15(19)25(26)27/h4-6,11H,3,7-10,12H2,1-2H3. The number of anilines is 1. The lowest BCUT2D eigenvalue weighted by Crippen LogP contribution is -2.46. The number of aromatic nitrogens is 3. The molecular formula is C19H22N6O3. The molecule has 2 aromatic heterocycles. The lowest BCUT2D eigenvalue weighted by molar-refractivity contribution is -0.383. The van der Waals surface area contributed by atoms with Crippen molar-refractivity contribution in [1.82, 2.24) is 20.0 Å². The number of hydrogen-bond acceptors (Lipinski definition) is 8. The molecule has 0 saturated carbocycles. The van der Waals surface area contributed by atoms with E-state index in [2.05, 4.69) is 24.9 Å². The molecule has 0 amide bonds. The summed E-state index contributed by atoms with van der Waals surface area (Å²) in [5.74, 6) is 1.38. The summed E-state index contributed by atoms with van der Waals surface area (Å²) in [6.07, 6.45) is 0.737. The Morgan fingerprint density at radius 2 is 2.00 bits per heavy atom. The summed E-state index contributed by atoms with van der Waals surface area (Å²) in [7, 11) is 0. The molecule has 28 heavy (non-hydrogen) atoms. The van der Waals surface area contributed by atoms with Crippen LogP contribution in [0.1, 0.15) is 24.3 Å². The molecule has 146 valence electrons. The van der Waals surface area contributed by atoms with Crippen LogP contribution in [0.2, 0.25) is 0 Å².